The van der Waals surface area contributed by atoms with Gasteiger partial charge in [-0.05, 0) is 73.3 Å². The minimum Gasteiger partial charge on any atom is -0.506 e. The average molecular weight is 470 g/mol. The summed E-state index contributed by atoms with van der Waals surface area (Å²) in [6.45, 7) is -0.130. The maximum absolute atomic E-state index is 11.9. The van der Waals surface area contributed by atoms with Gasteiger partial charge in [-0.15, -0.1) is 0 Å². The zero-order chi connectivity index (χ0) is 18.4. The Morgan fingerprint density at radius 3 is 2.24 bits per heavy atom. The molecule has 0 radical (unpaired) electrons. The second-order valence-electron chi connectivity index (χ2n) is 5.14. The monoisotopic (exact) mass is 468 g/mol. The van der Waals surface area contributed by atoms with E-state index in [0.717, 1.165) is 5.56 Å². The molecule has 0 unspecified atom stereocenters. The third-order valence-corrected chi connectivity index (χ3v) is 4.37. The van der Waals surface area contributed by atoms with Crippen molar-refractivity contribution in [1.82, 2.24) is 0 Å². The summed E-state index contributed by atoms with van der Waals surface area (Å²) in [7, 11) is 0. The number of benzene rings is 2. The van der Waals surface area contributed by atoms with Crippen LogP contribution in [0, 0.1) is 0 Å². The van der Waals surface area contributed by atoms with Gasteiger partial charge < -0.3 is 14.9 Å². The van der Waals surface area contributed by atoms with Crippen LogP contribution < -0.4 is 4.74 Å². The molecule has 0 aliphatic heterocycles. The lowest BCUT2D eigenvalue weighted by Gasteiger charge is -2.05. The molecular formula is C18H14Br2O5. The Kier molecular flexibility index (Phi) is 6.78. The molecule has 2 rings (SSSR count). The Morgan fingerprint density at radius 1 is 1.08 bits per heavy atom. The number of aromatic hydroxyl groups is 1. The number of phenolic OH excluding ortho intramolecular Hbond substituents is 1. The number of hydrogen-bond acceptors (Lipinski definition) is 4. The van der Waals surface area contributed by atoms with Crippen molar-refractivity contribution < 1.29 is 24.5 Å². The van der Waals surface area contributed by atoms with Gasteiger partial charge in [0.15, 0.2) is 12.4 Å². The second-order valence-corrected chi connectivity index (χ2v) is 6.84. The molecule has 0 atom stereocenters. The van der Waals surface area contributed by atoms with Gasteiger partial charge >= 0.3 is 5.97 Å². The highest BCUT2D eigenvalue weighted by Crippen LogP contribution is 2.33. The smallest absolute Gasteiger partial charge is 0.307 e. The molecule has 0 aliphatic carbocycles. The topological polar surface area (TPSA) is 83.8 Å². The van der Waals surface area contributed by atoms with E-state index < -0.39 is 5.97 Å². The van der Waals surface area contributed by atoms with Crippen molar-refractivity contribution in [3.8, 4) is 11.5 Å². The number of rotatable bonds is 7. The van der Waals surface area contributed by atoms with Gasteiger partial charge in [0.2, 0.25) is 0 Å². The van der Waals surface area contributed by atoms with Crippen molar-refractivity contribution >= 4 is 49.7 Å². The predicted molar refractivity (Wildman–Crippen MR) is 101 cm³/mol. The van der Waals surface area contributed by atoms with Crippen LogP contribution in [0.3, 0.4) is 0 Å². The van der Waals surface area contributed by atoms with E-state index in [-0.39, 0.29) is 24.6 Å². The van der Waals surface area contributed by atoms with E-state index in [2.05, 4.69) is 31.9 Å². The number of ketones is 1. The summed E-state index contributed by atoms with van der Waals surface area (Å²) in [6.07, 6.45) is 2.96. The third-order valence-electron chi connectivity index (χ3n) is 3.16. The number of carbonyl (C=O) groups excluding carboxylic acids is 1. The van der Waals surface area contributed by atoms with Gasteiger partial charge in [0, 0.05) is 0 Å². The van der Waals surface area contributed by atoms with Crippen LogP contribution in [0.25, 0.3) is 6.08 Å². The number of carboxylic acid groups (broad SMARTS) is 1. The minimum atomic E-state index is -0.901. The highest BCUT2D eigenvalue weighted by atomic mass is 79.9. The summed E-state index contributed by atoms with van der Waals surface area (Å²) in [5, 5.41) is 18.4. The van der Waals surface area contributed by atoms with E-state index in [1.807, 2.05) is 0 Å². The Bertz CT molecular complexity index is 790. The summed E-state index contributed by atoms with van der Waals surface area (Å²) in [6, 6.07) is 9.93. The number of carboxylic acids is 1. The molecule has 2 aromatic carbocycles. The molecule has 0 aliphatic rings. The molecular weight excluding hydrogens is 456 g/mol. The normalized spacial score (nSPS) is 10.8. The first-order chi connectivity index (χ1) is 11.8. The number of aliphatic carboxylic acids is 1. The van der Waals surface area contributed by atoms with E-state index in [9.17, 15) is 14.7 Å². The van der Waals surface area contributed by atoms with Crippen LogP contribution in [0.1, 0.15) is 11.1 Å². The predicted octanol–water partition coefficient (Wildman–Crippen LogP) is 4.21. The van der Waals surface area contributed by atoms with E-state index in [1.165, 1.54) is 6.08 Å². The fourth-order valence-corrected chi connectivity index (χ4v) is 3.17. The van der Waals surface area contributed by atoms with Crippen molar-refractivity contribution in [2.24, 2.45) is 0 Å². The van der Waals surface area contributed by atoms with Crippen molar-refractivity contribution in [3.05, 3.63) is 62.5 Å². The van der Waals surface area contributed by atoms with Crippen molar-refractivity contribution in [2.75, 3.05) is 6.61 Å². The van der Waals surface area contributed by atoms with Gasteiger partial charge in [-0.3, -0.25) is 9.59 Å². The van der Waals surface area contributed by atoms with Crippen LogP contribution in [0.15, 0.2) is 51.4 Å². The molecule has 2 N–H and O–H groups in total. The standard InChI is InChI=1S/C18H14Br2O5/c19-15-7-12(8-16(20)18(15)24)1-4-13(21)10-25-14-5-2-11(3-6-14)9-17(22)23/h1-8,24H,9-10H2,(H,22,23). The lowest BCUT2D eigenvalue weighted by molar-refractivity contribution is -0.136. The Morgan fingerprint density at radius 2 is 1.68 bits per heavy atom. The van der Waals surface area contributed by atoms with Gasteiger partial charge in [-0.2, -0.15) is 0 Å². The number of halogens is 2. The fourth-order valence-electron chi connectivity index (χ4n) is 1.95. The average Bonchev–Trinajstić information content (AvgIpc) is 2.56. The zero-order valence-corrected chi connectivity index (χ0v) is 16.1. The van der Waals surface area contributed by atoms with Crippen LogP contribution in [0.5, 0.6) is 11.5 Å². The molecule has 0 saturated heterocycles. The molecule has 7 heteroatoms. The minimum absolute atomic E-state index is 0.0559. The summed E-state index contributed by atoms with van der Waals surface area (Å²) in [5.74, 6) is -0.541. The van der Waals surface area contributed by atoms with E-state index >= 15 is 0 Å². The molecule has 0 fully saturated rings. The number of phenols is 1. The molecule has 25 heavy (non-hydrogen) atoms. The van der Waals surface area contributed by atoms with Crippen LogP contribution in [-0.2, 0) is 16.0 Å². The quantitative estimate of drug-likeness (QED) is 0.593. The van der Waals surface area contributed by atoms with E-state index in [0.29, 0.717) is 20.3 Å². The van der Waals surface area contributed by atoms with Crippen molar-refractivity contribution in [3.63, 3.8) is 0 Å². The first-order valence-electron chi connectivity index (χ1n) is 7.17. The first-order valence-corrected chi connectivity index (χ1v) is 8.76. The molecule has 5 nitrogen and oxygen atoms in total. The van der Waals surface area contributed by atoms with Crippen molar-refractivity contribution in [1.29, 1.82) is 0 Å². The van der Waals surface area contributed by atoms with E-state index in [1.54, 1.807) is 42.5 Å². The van der Waals surface area contributed by atoms with Gasteiger partial charge in [0.25, 0.3) is 0 Å². The van der Waals surface area contributed by atoms with Crippen LogP contribution in [0.2, 0.25) is 0 Å². The maximum Gasteiger partial charge on any atom is 0.307 e. The van der Waals surface area contributed by atoms with Gasteiger partial charge in [-0.1, -0.05) is 18.2 Å². The molecule has 0 bridgehead atoms. The molecule has 0 amide bonds. The molecule has 0 heterocycles. The highest BCUT2D eigenvalue weighted by molar-refractivity contribution is 9.11. The summed E-state index contributed by atoms with van der Waals surface area (Å²) < 4.78 is 6.42. The Hall–Kier alpha value is -2.12. The largest absolute Gasteiger partial charge is 0.506 e. The Balaban J connectivity index is 1.91. The lowest BCUT2D eigenvalue weighted by atomic mass is 10.1. The number of carbonyl (C=O) groups is 2. The highest BCUT2D eigenvalue weighted by Gasteiger charge is 2.05. The molecule has 0 saturated carbocycles. The van der Waals surface area contributed by atoms with Gasteiger partial charge in [-0.25, -0.2) is 0 Å². The van der Waals surface area contributed by atoms with Gasteiger partial charge in [0.1, 0.15) is 11.5 Å². The lowest BCUT2D eigenvalue weighted by Crippen LogP contribution is -2.08. The summed E-state index contributed by atoms with van der Waals surface area (Å²) in [4.78, 5) is 22.5. The van der Waals surface area contributed by atoms with Gasteiger partial charge in [0.05, 0.1) is 15.4 Å². The Labute approximate surface area is 161 Å². The number of hydrogen-bond donors (Lipinski definition) is 2. The first kappa shape index (κ1) is 19.2. The maximum atomic E-state index is 11.9. The van der Waals surface area contributed by atoms with Crippen molar-refractivity contribution in [2.45, 2.75) is 6.42 Å². The SMILES string of the molecule is O=C(O)Cc1ccc(OCC(=O)C=Cc2cc(Br)c(O)c(Br)c2)cc1. The van der Waals surface area contributed by atoms with Crippen LogP contribution in [-0.4, -0.2) is 28.6 Å². The van der Waals surface area contributed by atoms with Crippen LogP contribution >= 0.6 is 31.9 Å². The summed E-state index contributed by atoms with van der Waals surface area (Å²) >= 11 is 6.45. The summed E-state index contributed by atoms with van der Waals surface area (Å²) in [5.41, 5.74) is 1.40. The van der Waals surface area contributed by atoms with E-state index in [4.69, 9.17) is 9.84 Å². The molecule has 0 aromatic heterocycles. The number of ether oxygens (including phenoxy) is 1. The zero-order valence-electron chi connectivity index (χ0n) is 12.9. The third kappa shape index (κ3) is 6.03. The second kappa shape index (κ2) is 8.82. The fraction of sp³-hybridized carbons (Fsp3) is 0.111. The van der Waals surface area contributed by atoms with Crippen LogP contribution in [0.4, 0.5) is 0 Å². The molecule has 2 aromatic rings. The molecule has 0 spiro atoms. The molecule has 130 valence electrons.